The highest BCUT2D eigenvalue weighted by atomic mass is 16.5. The summed E-state index contributed by atoms with van der Waals surface area (Å²) in [5.74, 6) is 1.48. The van der Waals surface area contributed by atoms with E-state index in [2.05, 4.69) is 11.9 Å². The van der Waals surface area contributed by atoms with Crippen molar-refractivity contribution in [3.8, 4) is 11.5 Å². The van der Waals surface area contributed by atoms with Gasteiger partial charge in [-0.15, -0.1) is 0 Å². The molecule has 0 heterocycles. The monoisotopic (exact) mass is 265 g/mol. The summed E-state index contributed by atoms with van der Waals surface area (Å²) in [6.45, 7) is 9.54. The first kappa shape index (κ1) is 15.5. The zero-order valence-corrected chi connectivity index (χ0v) is 11.7. The van der Waals surface area contributed by atoms with Crippen LogP contribution in [0.3, 0.4) is 0 Å². The average molecular weight is 265 g/mol. The molecule has 0 radical (unpaired) electrons. The number of rotatable bonds is 9. The van der Waals surface area contributed by atoms with Crippen molar-refractivity contribution >= 4 is 0 Å². The molecule has 1 aromatic carbocycles. The van der Waals surface area contributed by atoms with Gasteiger partial charge in [-0.1, -0.05) is 24.8 Å². The van der Waals surface area contributed by atoms with Gasteiger partial charge in [0, 0.05) is 18.7 Å². The fourth-order valence-electron chi connectivity index (χ4n) is 1.69. The van der Waals surface area contributed by atoms with Crippen LogP contribution in [0.2, 0.25) is 0 Å². The summed E-state index contributed by atoms with van der Waals surface area (Å²) >= 11 is 0. The van der Waals surface area contributed by atoms with E-state index in [4.69, 9.17) is 9.47 Å². The number of benzene rings is 1. The Morgan fingerprint density at radius 3 is 2.84 bits per heavy atom. The number of hydrogen-bond acceptors (Lipinski definition) is 4. The van der Waals surface area contributed by atoms with Crippen LogP contribution >= 0.6 is 0 Å². The van der Waals surface area contributed by atoms with Gasteiger partial charge in [-0.25, -0.2) is 0 Å². The van der Waals surface area contributed by atoms with Crippen molar-refractivity contribution in [1.82, 2.24) is 5.32 Å². The first-order valence-corrected chi connectivity index (χ1v) is 6.56. The molecule has 0 amide bonds. The molecule has 0 fully saturated rings. The molecule has 0 aromatic heterocycles. The lowest BCUT2D eigenvalue weighted by Gasteiger charge is -2.16. The maximum Gasteiger partial charge on any atom is 0.166 e. The Hall–Kier alpha value is -1.52. The van der Waals surface area contributed by atoms with Crippen LogP contribution in [0.25, 0.3) is 0 Å². The zero-order valence-electron chi connectivity index (χ0n) is 11.7. The fraction of sp³-hybridized carbons (Fsp3) is 0.467. The maximum absolute atomic E-state index is 9.25. The van der Waals surface area contributed by atoms with Crippen molar-refractivity contribution in [1.29, 1.82) is 0 Å². The summed E-state index contributed by atoms with van der Waals surface area (Å²) in [6, 6.07) is 5.81. The van der Waals surface area contributed by atoms with E-state index in [0.717, 1.165) is 17.1 Å². The largest absolute Gasteiger partial charge is 0.490 e. The molecule has 106 valence electrons. The smallest absolute Gasteiger partial charge is 0.166 e. The first-order chi connectivity index (χ1) is 9.19. The second-order valence-electron chi connectivity index (χ2n) is 4.26. The third-order valence-electron chi connectivity index (χ3n) is 2.46. The minimum atomic E-state index is -0.368. The topological polar surface area (TPSA) is 50.7 Å². The highest BCUT2D eigenvalue weighted by Crippen LogP contribution is 2.31. The molecule has 0 saturated carbocycles. The molecule has 2 N–H and O–H groups in total. The van der Waals surface area contributed by atoms with E-state index in [1.54, 1.807) is 13.0 Å². The quantitative estimate of drug-likeness (QED) is 0.672. The normalized spacial score (nSPS) is 11.9. The van der Waals surface area contributed by atoms with Gasteiger partial charge in [0.25, 0.3) is 0 Å². The molecule has 1 rings (SSSR count). The highest BCUT2D eigenvalue weighted by molar-refractivity contribution is 5.46. The van der Waals surface area contributed by atoms with E-state index in [9.17, 15) is 5.11 Å². The van der Waals surface area contributed by atoms with Crippen LogP contribution in [-0.2, 0) is 6.54 Å². The molecule has 1 aromatic rings. The van der Waals surface area contributed by atoms with E-state index in [1.807, 2.05) is 25.1 Å². The molecule has 19 heavy (non-hydrogen) atoms. The molecular formula is C15H23NO3. The molecule has 0 unspecified atom stereocenters. The fourth-order valence-corrected chi connectivity index (χ4v) is 1.69. The Kier molecular flexibility index (Phi) is 7.00. The molecule has 0 saturated heterocycles. The van der Waals surface area contributed by atoms with E-state index < -0.39 is 0 Å². The van der Waals surface area contributed by atoms with Crippen molar-refractivity contribution in [3.05, 3.63) is 36.4 Å². The Morgan fingerprint density at radius 1 is 1.42 bits per heavy atom. The van der Waals surface area contributed by atoms with E-state index in [0.29, 0.717) is 26.3 Å². The molecule has 0 bridgehead atoms. The van der Waals surface area contributed by atoms with Gasteiger partial charge in [-0.2, -0.15) is 0 Å². The number of nitrogens with one attached hydrogen (secondary N) is 1. The average Bonchev–Trinajstić information content (AvgIpc) is 2.38. The Labute approximate surface area is 115 Å². The number of hydrogen-bond donors (Lipinski definition) is 2. The maximum atomic E-state index is 9.25. The molecule has 1 atom stereocenters. The summed E-state index contributed by atoms with van der Waals surface area (Å²) in [5.41, 5.74) is 1.01. The second-order valence-corrected chi connectivity index (χ2v) is 4.26. The molecule has 4 nitrogen and oxygen atoms in total. The van der Waals surface area contributed by atoms with Crippen LogP contribution in [-0.4, -0.2) is 31.0 Å². The van der Waals surface area contributed by atoms with Crippen molar-refractivity contribution in [2.75, 3.05) is 19.8 Å². The number of para-hydroxylation sites is 1. The predicted molar refractivity (Wildman–Crippen MR) is 76.7 cm³/mol. The third kappa shape index (κ3) is 5.32. The van der Waals surface area contributed by atoms with Crippen LogP contribution in [0.5, 0.6) is 11.5 Å². The van der Waals surface area contributed by atoms with Gasteiger partial charge in [-0.05, 0) is 19.9 Å². The first-order valence-electron chi connectivity index (χ1n) is 6.56. The van der Waals surface area contributed by atoms with Gasteiger partial charge in [0.05, 0.1) is 12.7 Å². The van der Waals surface area contributed by atoms with Crippen molar-refractivity contribution in [3.63, 3.8) is 0 Å². The molecule has 0 aliphatic heterocycles. The minimum absolute atomic E-state index is 0.368. The van der Waals surface area contributed by atoms with Gasteiger partial charge in [0.2, 0.25) is 0 Å². The van der Waals surface area contributed by atoms with E-state index >= 15 is 0 Å². The third-order valence-corrected chi connectivity index (χ3v) is 2.46. The van der Waals surface area contributed by atoms with E-state index in [-0.39, 0.29) is 6.10 Å². The van der Waals surface area contributed by atoms with Crippen LogP contribution in [0, 0.1) is 0 Å². The van der Waals surface area contributed by atoms with Crippen molar-refractivity contribution in [2.45, 2.75) is 26.5 Å². The van der Waals surface area contributed by atoms with Crippen LogP contribution in [0.1, 0.15) is 19.4 Å². The van der Waals surface area contributed by atoms with Crippen LogP contribution in [0.4, 0.5) is 0 Å². The molecule has 0 spiro atoms. The predicted octanol–water partition coefficient (Wildman–Crippen LogP) is 2.12. The molecule has 4 heteroatoms. The van der Waals surface area contributed by atoms with Gasteiger partial charge >= 0.3 is 0 Å². The zero-order chi connectivity index (χ0) is 14.1. The standard InChI is InChI=1S/C15H23NO3/c1-4-9-19-15-13(11-16-10-12(3)17)7-6-8-14(15)18-5-2/h4,6-8,12,16-17H,1,5,9-11H2,2-3H3/t12-/m0/s1. The van der Waals surface area contributed by atoms with Crippen LogP contribution < -0.4 is 14.8 Å². The summed E-state index contributed by atoms with van der Waals surface area (Å²) in [5, 5.41) is 12.4. The van der Waals surface area contributed by atoms with Crippen LogP contribution in [0.15, 0.2) is 30.9 Å². The SMILES string of the molecule is C=CCOc1c(CNC[C@H](C)O)cccc1OCC. The lowest BCUT2D eigenvalue weighted by atomic mass is 10.2. The van der Waals surface area contributed by atoms with Gasteiger partial charge < -0.3 is 19.9 Å². The number of aliphatic hydroxyl groups is 1. The Balaban J connectivity index is 2.81. The Bertz CT molecular complexity index is 391. The van der Waals surface area contributed by atoms with Crippen molar-refractivity contribution < 1.29 is 14.6 Å². The van der Waals surface area contributed by atoms with Crippen molar-refractivity contribution in [2.24, 2.45) is 0 Å². The number of ether oxygens (including phenoxy) is 2. The molecular weight excluding hydrogens is 242 g/mol. The number of aliphatic hydroxyl groups excluding tert-OH is 1. The van der Waals surface area contributed by atoms with Gasteiger partial charge in [0.15, 0.2) is 11.5 Å². The molecule has 0 aliphatic rings. The van der Waals surface area contributed by atoms with Gasteiger partial charge in [0.1, 0.15) is 6.61 Å². The second kappa shape index (κ2) is 8.56. The summed E-state index contributed by atoms with van der Waals surface area (Å²) in [6.07, 6.45) is 1.34. The summed E-state index contributed by atoms with van der Waals surface area (Å²) < 4.78 is 11.2. The lowest BCUT2D eigenvalue weighted by Crippen LogP contribution is -2.24. The molecule has 0 aliphatic carbocycles. The van der Waals surface area contributed by atoms with E-state index in [1.165, 1.54) is 0 Å². The lowest BCUT2D eigenvalue weighted by molar-refractivity contribution is 0.190. The summed E-state index contributed by atoms with van der Waals surface area (Å²) in [4.78, 5) is 0. The highest BCUT2D eigenvalue weighted by Gasteiger charge is 2.10. The van der Waals surface area contributed by atoms with Gasteiger partial charge in [-0.3, -0.25) is 0 Å². The minimum Gasteiger partial charge on any atom is -0.490 e. The summed E-state index contributed by atoms with van der Waals surface area (Å²) in [7, 11) is 0. The Morgan fingerprint density at radius 2 is 2.21 bits per heavy atom.